The number of hydrogen-bond donors (Lipinski definition) is 2. The van der Waals surface area contributed by atoms with E-state index in [0.717, 1.165) is 33.4 Å². The number of aromatic amines is 1. The van der Waals surface area contributed by atoms with Gasteiger partial charge in [0.25, 0.3) is 0 Å². The third kappa shape index (κ3) is 3.87. The zero-order valence-corrected chi connectivity index (χ0v) is 18.2. The van der Waals surface area contributed by atoms with Gasteiger partial charge in [0.2, 0.25) is 10.0 Å². The van der Waals surface area contributed by atoms with Crippen LogP contribution in [0.4, 0.5) is 0 Å². The summed E-state index contributed by atoms with van der Waals surface area (Å²) < 4.78 is 26.8. The molecule has 2 aromatic heterocycles. The van der Waals surface area contributed by atoms with Crippen LogP contribution in [-0.4, -0.2) is 82.5 Å². The third-order valence-electron chi connectivity index (χ3n) is 5.74. The van der Waals surface area contributed by atoms with Crippen LogP contribution in [0.15, 0.2) is 41.7 Å². The van der Waals surface area contributed by atoms with E-state index in [-0.39, 0.29) is 6.17 Å². The van der Waals surface area contributed by atoms with Crippen LogP contribution in [0.2, 0.25) is 0 Å². The number of nitrogens with one attached hydrogen (secondary N) is 2. The second-order valence-corrected chi connectivity index (χ2v) is 9.83. The summed E-state index contributed by atoms with van der Waals surface area (Å²) in [6.07, 6.45) is 8.66. The molecular formula is C20H24N8O2S. The van der Waals surface area contributed by atoms with Crippen LogP contribution in [0.1, 0.15) is 5.69 Å². The molecule has 1 saturated heterocycles. The van der Waals surface area contributed by atoms with Crippen molar-refractivity contribution >= 4 is 33.0 Å². The summed E-state index contributed by atoms with van der Waals surface area (Å²) in [4.78, 5) is 6.72. The number of aromatic nitrogens is 4. The van der Waals surface area contributed by atoms with Crippen LogP contribution in [0, 0.1) is 0 Å². The Labute approximate surface area is 180 Å². The molecule has 5 rings (SSSR count). The number of sulfonamides is 1. The van der Waals surface area contributed by atoms with E-state index in [0.29, 0.717) is 26.2 Å². The van der Waals surface area contributed by atoms with Crippen LogP contribution in [0.5, 0.6) is 0 Å². The first-order chi connectivity index (χ1) is 14.9. The predicted molar refractivity (Wildman–Crippen MR) is 120 cm³/mol. The largest absolute Gasteiger partial charge is 0.345 e. The second-order valence-electron chi connectivity index (χ2n) is 7.85. The summed E-state index contributed by atoms with van der Waals surface area (Å²) in [6.45, 7) is 2.21. The van der Waals surface area contributed by atoms with Crippen molar-refractivity contribution in [3.8, 4) is 11.1 Å². The molecule has 0 saturated carbocycles. The van der Waals surface area contributed by atoms with E-state index in [9.17, 15) is 8.42 Å². The minimum absolute atomic E-state index is 0.161. The topological polar surface area (TPSA) is 112 Å². The number of H-pyrrole nitrogens is 1. The summed E-state index contributed by atoms with van der Waals surface area (Å²) >= 11 is 0. The van der Waals surface area contributed by atoms with E-state index in [1.165, 1.54) is 10.6 Å². The van der Waals surface area contributed by atoms with Gasteiger partial charge in [-0.1, -0.05) is 6.07 Å². The fourth-order valence-corrected chi connectivity index (χ4v) is 4.87. The number of piperazine rings is 1. The SMILES string of the molecule is Cn1cc(-c2ccc3[nH]nc(C4=CC(N5CCN(S(C)(=O)=O)CC5)N=CN4)c3c2)cn1. The average molecular weight is 441 g/mol. The van der Waals surface area contributed by atoms with Gasteiger partial charge in [-0.05, 0) is 23.8 Å². The Morgan fingerprint density at radius 3 is 2.65 bits per heavy atom. The van der Waals surface area contributed by atoms with E-state index < -0.39 is 10.0 Å². The number of nitrogens with zero attached hydrogens (tertiary/aromatic N) is 6. The Morgan fingerprint density at radius 2 is 1.94 bits per heavy atom. The Balaban J connectivity index is 1.41. The van der Waals surface area contributed by atoms with E-state index in [1.807, 2.05) is 31.6 Å². The maximum Gasteiger partial charge on any atom is 0.211 e. The number of aryl methyl sites for hydroxylation is 1. The number of hydrogen-bond acceptors (Lipinski definition) is 7. The molecule has 11 heteroatoms. The molecule has 0 radical (unpaired) electrons. The molecule has 162 valence electrons. The first kappa shape index (κ1) is 19.9. The third-order valence-corrected chi connectivity index (χ3v) is 7.04. The molecule has 2 aliphatic heterocycles. The molecule has 1 fully saturated rings. The van der Waals surface area contributed by atoms with E-state index in [1.54, 1.807) is 11.0 Å². The highest BCUT2D eigenvalue weighted by Gasteiger charge is 2.28. The number of aliphatic imine (C=N–C) groups is 1. The molecular weight excluding hydrogens is 416 g/mol. The van der Waals surface area contributed by atoms with Gasteiger partial charge in [-0.15, -0.1) is 0 Å². The standard InChI is InChI=1S/C20H24N8O2S/c1-26-12-15(11-23-26)14-3-4-17-16(9-14)20(25-24-17)18-10-19(22-13-21-18)27-5-7-28(8-6-27)31(2,29)30/h3-4,9-13,19H,5-8H2,1-2H3,(H,21,22)(H,24,25). The summed E-state index contributed by atoms with van der Waals surface area (Å²) in [6, 6.07) is 6.18. The first-order valence-electron chi connectivity index (χ1n) is 10.1. The van der Waals surface area contributed by atoms with Gasteiger partial charge in [-0.25, -0.2) is 8.42 Å². The molecule has 1 unspecified atom stereocenters. The molecule has 1 atom stereocenters. The van der Waals surface area contributed by atoms with Crippen molar-refractivity contribution in [3.63, 3.8) is 0 Å². The highest BCUT2D eigenvalue weighted by Crippen LogP contribution is 2.28. The number of rotatable bonds is 4. The van der Waals surface area contributed by atoms with Gasteiger partial charge in [0.1, 0.15) is 11.9 Å². The van der Waals surface area contributed by atoms with Crippen molar-refractivity contribution in [2.45, 2.75) is 6.17 Å². The minimum Gasteiger partial charge on any atom is -0.345 e. The van der Waals surface area contributed by atoms with Crippen LogP contribution in [0.3, 0.4) is 0 Å². The lowest BCUT2D eigenvalue weighted by atomic mass is 10.0. The van der Waals surface area contributed by atoms with E-state index in [2.05, 4.69) is 42.6 Å². The van der Waals surface area contributed by atoms with Gasteiger partial charge in [0.15, 0.2) is 0 Å². The van der Waals surface area contributed by atoms with Crippen LogP contribution >= 0.6 is 0 Å². The van der Waals surface area contributed by atoms with Gasteiger partial charge in [-0.2, -0.15) is 14.5 Å². The van der Waals surface area contributed by atoms with Gasteiger partial charge < -0.3 is 5.32 Å². The predicted octanol–water partition coefficient (Wildman–Crippen LogP) is 0.839. The van der Waals surface area contributed by atoms with Crippen LogP contribution < -0.4 is 5.32 Å². The average Bonchev–Trinajstić information content (AvgIpc) is 3.39. The van der Waals surface area contributed by atoms with Gasteiger partial charge >= 0.3 is 0 Å². The molecule has 0 amide bonds. The van der Waals surface area contributed by atoms with Gasteiger partial charge in [-0.3, -0.25) is 19.7 Å². The minimum atomic E-state index is -3.16. The Morgan fingerprint density at radius 1 is 1.13 bits per heavy atom. The fourth-order valence-electron chi connectivity index (χ4n) is 4.04. The molecule has 2 N–H and O–H groups in total. The Hall–Kier alpha value is -3.02. The highest BCUT2D eigenvalue weighted by atomic mass is 32.2. The van der Waals surface area contributed by atoms with Crippen molar-refractivity contribution in [1.29, 1.82) is 0 Å². The highest BCUT2D eigenvalue weighted by molar-refractivity contribution is 7.88. The quantitative estimate of drug-likeness (QED) is 0.622. The van der Waals surface area contributed by atoms with Crippen molar-refractivity contribution in [3.05, 3.63) is 42.4 Å². The molecule has 0 bridgehead atoms. The Bertz CT molecular complexity index is 1280. The summed E-state index contributed by atoms with van der Waals surface area (Å²) in [5.41, 5.74) is 4.77. The molecule has 3 aromatic rings. The summed E-state index contributed by atoms with van der Waals surface area (Å²) in [5, 5.41) is 16.1. The monoisotopic (exact) mass is 440 g/mol. The molecule has 10 nitrogen and oxygen atoms in total. The lowest BCUT2D eigenvalue weighted by molar-refractivity contribution is 0.162. The maximum absolute atomic E-state index is 11.8. The van der Waals surface area contributed by atoms with Crippen LogP contribution in [-0.2, 0) is 17.1 Å². The molecule has 31 heavy (non-hydrogen) atoms. The molecule has 4 heterocycles. The van der Waals surface area contributed by atoms with E-state index in [4.69, 9.17) is 0 Å². The van der Waals surface area contributed by atoms with E-state index >= 15 is 0 Å². The maximum atomic E-state index is 11.8. The fraction of sp³-hybridized carbons (Fsp3) is 0.350. The molecule has 0 spiro atoms. The van der Waals surface area contributed by atoms with Crippen molar-refractivity contribution < 1.29 is 8.42 Å². The molecule has 1 aromatic carbocycles. The van der Waals surface area contributed by atoms with Crippen molar-refractivity contribution in [2.24, 2.45) is 12.0 Å². The Kier molecular flexibility index (Phi) is 4.88. The smallest absolute Gasteiger partial charge is 0.211 e. The molecule has 0 aliphatic carbocycles. The lowest BCUT2D eigenvalue weighted by Gasteiger charge is -2.36. The van der Waals surface area contributed by atoms with Gasteiger partial charge in [0, 0.05) is 50.4 Å². The van der Waals surface area contributed by atoms with Gasteiger partial charge in [0.05, 0.1) is 30.0 Å². The van der Waals surface area contributed by atoms with Crippen LogP contribution in [0.25, 0.3) is 27.7 Å². The lowest BCUT2D eigenvalue weighted by Crippen LogP contribution is -2.51. The number of benzene rings is 1. The zero-order valence-electron chi connectivity index (χ0n) is 17.4. The zero-order chi connectivity index (χ0) is 21.6. The number of fused-ring (bicyclic) bond motifs is 1. The molecule has 2 aliphatic rings. The van der Waals surface area contributed by atoms with Crippen molar-refractivity contribution in [1.82, 2.24) is 34.5 Å². The second kappa shape index (κ2) is 7.59. The summed E-state index contributed by atoms with van der Waals surface area (Å²) in [7, 11) is -1.26. The normalized spacial score (nSPS) is 20.7. The van der Waals surface area contributed by atoms with Crippen molar-refractivity contribution in [2.75, 3.05) is 32.4 Å². The summed E-state index contributed by atoms with van der Waals surface area (Å²) in [5.74, 6) is 0. The first-order valence-corrected chi connectivity index (χ1v) is 11.9.